The summed E-state index contributed by atoms with van der Waals surface area (Å²) in [5.74, 6) is 1.03. The molecule has 88 valence electrons. The average molecular weight is 219 g/mol. The van der Waals surface area contributed by atoms with E-state index in [1.54, 1.807) is 12.7 Å². The Morgan fingerprint density at radius 3 is 2.56 bits per heavy atom. The molecule has 0 radical (unpaired) electrons. The topological polar surface area (TPSA) is 35.2 Å². The predicted molar refractivity (Wildman–Crippen MR) is 67.1 cm³/mol. The fourth-order valence-corrected chi connectivity index (χ4v) is 2.79. The first-order chi connectivity index (χ1) is 7.77. The van der Waals surface area contributed by atoms with Crippen LogP contribution in [0.1, 0.15) is 35.1 Å². The molecule has 1 aliphatic carbocycles. The van der Waals surface area contributed by atoms with Crippen LogP contribution >= 0.6 is 0 Å². The molecule has 0 spiro atoms. The fourth-order valence-electron chi connectivity index (χ4n) is 2.79. The summed E-state index contributed by atoms with van der Waals surface area (Å²) >= 11 is 0. The first kappa shape index (κ1) is 11.5. The average Bonchev–Trinajstić information content (AvgIpc) is 2.33. The summed E-state index contributed by atoms with van der Waals surface area (Å²) in [5.41, 5.74) is 11.5. The van der Waals surface area contributed by atoms with Gasteiger partial charge in [0.2, 0.25) is 0 Å². The van der Waals surface area contributed by atoms with Gasteiger partial charge in [-0.3, -0.25) is 0 Å². The number of hydrogen-bond acceptors (Lipinski definition) is 2. The molecule has 0 aliphatic heterocycles. The van der Waals surface area contributed by atoms with Gasteiger partial charge in [0.15, 0.2) is 0 Å². The summed E-state index contributed by atoms with van der Waals surface area (Å²) in [6.45, 7) is 2.89. The lowest BCUT2D eigenvalue weighted by molar-refractivity contribution is 0.407. The van der Waals surface area contributed by atoms with Gasteiger partial charge in [-0.2, -0.15) is 0 Å². The number of ether oxygens (including phenoxy) is 1. The highest BCUT2D eigenvalue weighted by Gasteiger charge is 2.18. The Labute approximate surface area is 97.8 Å². The first-order valence-corrected chi connectivity index (χ1v) is 6.16. The van der Waals surface area contributed by atoms with Gasteiger partial charge < -0.3 is 10.5 Å². The van der Waals surface area contributed by atoms with Gasteiger partial charge >= 0.3 is 0 Å². The van der Waals surface area contributed by atoms with Crippen molar-refractivity contribution in [2.75, 3.05) is 13.7 Å². The Morgan fingerprint density at radius 1 is 1.25 bits per heavy atom. The smallest absolute Gasteiger partial charge is 0.122 e. The highest BCUT2D eigenvalue weighted by molar-refractivity contribution is 5.50. The van der Waals surface area contributed by atoms with Crippen molar-refractivity contribution < 1.29 is 4.74 Å². The molecule has 0 saturated heterocycles. The number of methoxy groups -OCH3 is 1. The van der Waals surface area contributed by atoms with E-state index in [-0.39, 0.29) is 0 Å². The van der Waals surface area contributed by atoms with Crippen molar-refractivity contribution in [3.63, 3.8) is 0 Å². The van der Waals surface area contributed by atoms with E-state index in [1.165, 1.54) is 42.4 Å². The molecule has 0 heterocycles. The van der Waals surface area contributed by atoms with Gasteiger partial charge in [0.1, 0.15) is 5.75 Å². The van der Waals surface area contributed by atoms with Crippen molar-refractivity contribution in [1.82, 2.24) is 0 Å². The predicted octanol–water partition coefficient (Wildman–Crippen LogP) is 2.38. The lowest BCUT2D eigenvalue weighted by Crippen LogP contribution is -2.13. The zero-order valence-corrected chi connectivity index (χ0v) is 10.3. The highest BCUT2D eigenvalue weighted by atomic mass is 16.5. The summed E-state index contributed by atoms with van der Waals surface area (Å²) in [6, 6.07) is 2.18. The Kier molecular flexibility index (Phi) is 3.49. The number of fused-ring (bicyclic) bond motifs is 1. The van der Waals surface area contributed by atoms with E-state index in [0.717, 1.165) is 12.2 Å². The molecule has 0 bridgehead atoms. The minimum Gasteiger partial charge on any atom is -0.496 e. The molecule has 0 aromatic heterocycles. The van der Waals surface area contributed by atoms with E-state index in [2.05, 4.69) is 13.0 Å². The molecule has 2 rings (SSSR count). The van der Waals surface area contributed by atoms with Gasteiger partial charge in [0.05, 0.1) is 7.11 Å². The van der Waals surface area contributed by atoms with E-state index in [0.29, 0.717) is 6.54 Å². The van der Waals surface area contributed by atoms with Gasteiger partial charge in [-0.25, -0.2) is 0 Å². The molecule has 2 N–H and O–H groups in total. The molecule has 1 aromatic carbocycles. The summed E-state index contributed by atoms with van der Waals surface area (Å²) in [5, 5.41) is 0. The molecule has 16 heavy (non-hydrogen) atoms. The summed E-state index contributed by atoms with van der Waals surface area (Å²) in [7, 11) is 1.75. The van der Waals surface area contributed by atoms with Crippen LogP contribution in [0.2, 0.25) is 0 Å². The normalized spacial score (nSPS) is 14.7. The lowest BCUT2D eigenvalue weighted by Gasteiger charge is -2.23. The number of hydrogen-bond donors (Lipinski definition) is 1. The second kappa shape index (κ2) is 4.88. The maximum atomic E-state index is 5.70. The molecule has 0 saturated carbocycles. The Balaban J connectivity index is 2.54. The minimum absolute atomic E-state index is 0.700. The lowest BCUT2D eigenvalue weighted by atomic mass is 9.84. The van der Waals surface area contributed by atoms with Gasteiger partial charge in [0, 0.05) is 0 Å². The van der Waals surface area contributed by atoms with Crippen molar-refractivity contribution in [2.45, 2.75) is 39.0 Å². The maximum absolute atomic E-state index is 5.70. The van der Waals surface area contributed by atoms with E-state index in [4.69, 9.17) is 10.5 Å². The van der Waals surface area contributed by atoms with Gasteiger partial charge in [-0.1, -0.05) is 0 Å². The maximum Gasteiger partial charge on any atom is 0.122 e. The van der Waals surface area contributed by atoms with Crippen molar-refractivity contribution in [1.29, 1.82) is 0 Å². The molecule has 2 nitrogen and oxygen atoms in total. The molecule has 0 amide bonds. The first-order valence-electron chi connectivity index (χ1n) is 6.16. The third kappa shape index (κ3) is 1.94. The van der Waals surface area contributed by atoms with Crippen LogP contribution in [0.25, 0.3) is 0 Å². The molecule has 0 unspecified atom stereocenters. The van der Waals surface area contributed by atoms with Gasteiger partial charge in [-0.05, 0) is 73.9 Å². The molecule has 0 fully saturated rings. The third-order valence-corrected chi connectivity index (χ3v) is 3.57. The van der Waals surface area contributed by atoms with E-state index in [9.17, 15) is 0 Å². The van der Waals surface area contributed by atoms with Crippen LogP contribution in [0, 0.1) is 6.92 Å². The quantitative estimate of drug-likeness (QED) is 0.847. The molecular formula is C14H21NO. The van der Waals surface area contributed by atoms with Gasteiger partial charge in [0.25, 0.3) is 0 Å². The fraction of sp³-hybridized carbons (Fsp3) is 0.571. The van der Waals surface area contributed by atoms with Crippen LogP contribution in [0.15, 0.2) is 6.07 Å². The molecule has 0 atom stereocenters. The number of benzene rings is 1. The molecule has 1 aliphatic rings. The van der Waals surface area contributed by atoms with Crippen molar-refractivity contribution in [3.8, 4) is 5.75 Å². The number of aryl methyl sites for hydroxylation is 1. The Hall–Kier alpha value is -1.02. The zero-order chi connectivity index (χ0) is 11.5. The van der Waals surface area contributed by atoms with Crippen molar-refractivity contribution in [2.24, 2.45) is 5.73 Å². The Bertz CT molecular complexity index is 385. The second-order valence-corrected chi connectivity index (χ2v) is 4.58. The van der Waals surface area contributed by atoms with Crippen molar-refractivity contribution in [3.05, 3.63) is 28.3 Å². The summed E-state index contributed by atoms with van der Waals surface area (Å²) in [4.78, 5) is 0. The number of rotatable bonds is 3. The zero-order valence-electron chi connectivity index (χ0n) is 10.3. The van der Waals surface area contributed by atoms with Crippen LogP contribution < -0.4 is 10.5 Å². The van der Waals surface area contributed by atoms with Crippen molar-refractivity contribution >= 4 is 0 Å². The molecule has 2 heteroatoms. The highest BCUT2D eigenvalue weighted by Crippen LogP contribution is 2.33. The van der Waals surface area contributed by atoms with Crippen LogP contribution in [0.3, 0.4) is 0 Å². The van der Waals surface area contributed by atoms with Gasteiger partial charge in [-0.15, -0.1) is 0 Å². The standard InChI is InChI=1S/C14H21NO/c1-10-9-14(16-2)13(7-8-15)12-6-4-3-5-11(10)12/h9H,3-8,15H2,1-2H3. The van der Waals surface area contributed by atoms with Crippen LogP contribution in [0.4, 0.5) is 0 Å². The van der Waals surface area contributed by atoms with Crippen LogP contribution in [-0.2, 0) is 19.3 Å². The van der Waals surface area contributed by atoms with E-state index in [1.807, 2.05) is 0 Å². The second-order valence-electron chi connectivity index (χ2n) is 4.58. The van der Waals surface area contributed by atoms with E-state index < -0.39 is 0 Å². The Morgan fingerprint density at radius 2 is 1.94 bits per heavy atom. The SMILES string of the molecule is COc1cc(C)c2c(c1CCN)CCCC2. The molecule has 1 aromatic rings. The number of nitrogens with two attached hydrogens (primary N) is 1. The van der Waals surface area contributed by atoms with Crippen LogP contribution in [0.5, 0.6) is 5.75 Å². The minimum atomic E-state index is 0.700. The molecular weight excluding hydrogens is 198 g/mol. The van der Waals surface area contributed by atoms with Crippen LogP contribution in [-0.4, -0.2) is 13.7 Å². The monoisotopic (exact) mass is 219 g/mol. The summed E-state index contributed by atoms with van der Waals surface area (Å²) < 4.78 is 5.49. The third-order valence-electron chi connectivity index (χ3n) is 3.57. The summed E-state index contributed by atoms with van der Waals surface area (Å²) in [6.07, 6.45) is 5.98. The van der Waals surface area contributed by atoms with E-state index >= 15 is 0 Å². The largest absolute Gasteiger partial charge is 0.496 e.